The number of nitrogens with one attached hydrogen (secondary N) is 1. The molecule has 3 atom stereocenters. The van der Waals surface area contributed by atoms with Gasteiger partial charge in [-0.3, -0.25) is 9.59 Å². The average Bonchev–Trinajstić information content (AvgIpc) is 3.38. The van der Waals surface area contributed by atoms with E-state index in [-0.39, 0.29) is 47.3 Å². The number of amides is 2. The van der Waals surface area contributed by atoms with E-state index in [2.05, 4.69) is 36.2 Å². The van der Waals surface area contributed by atoms with Crippen LogP contribution in [0.15, 0.2) is 47.3 Å². The number of nitrogens with two attached hydrogens (primary N) is 1. The van der Waals surface area contributed by atoms with Crippen LogP contribution >= 0.6 is 15.9 Å². The van der Waals surface area contributed by atoms with Crippen molar-refractivity contribution in [3.8, 4) is 0 Å². The topological polar surface area (TPSA) is 119 Å². The molecule has 6 rings (SSSR count). The summed E-state index contributed by atoms with van der Waals surface area (Å²) in [5.41, 5.74) is 5.60. The maximum Gasteiger partial charge on any atom is 0.416 e. The molecule has 3 aromatic heterocycles. The Balaban J connectivity index is 1.35. The molecule has 1 saturated carbocycles. The highest BCUT2D eigenvalue weighted by Crippen LogP contribution is 2.48. The first-order valence-corrected chi connectivity index (χ1v) is 12.3. The number of anilines is 2. The fraction of sp³-hybridized carbons (Fsp3) is 0.292. The van der Waals surface area contributed by atoms with E-state index in [0.717, 1.165) is 18.6 Å². The van der Waals surface area contributed by atoms with Gasteiger partial charge in [-0.1, -0.05) is 12.1 Å². The Morgan fingerprint density at radius 2 is 1.97 bits per heavy atom. The van der Waals surface area contributed by atoms with E-state index in [1.54, 1.807) is 23.1 Å². The zero-order chi connectivity index (χ0) is 26.1. The highest BCUT2D eigenvalue weighted by Gasteiger charge is 2.56. The molecular weight excluding hydrogens is 555 g/mol. The lowest BCUT2D eigenvalue weighted by Crippen LogP contribution is -2.46. The smallest absolute Gasteiger partial charge is 0.383 e. The van der Waals surface area contributed by atoms with Crippen molar-refractivity contribution >= 4 is 61.3 Å². The van der Waals surface area contributed by atoms with Crippen LogP contribution in [0.3, 0.4) is 0 Å². The molecule has 1 aromatic carbocycles. The van der Waals surface area contributed by atoms with Gasteiger partial charge < -0.3 is 20.5 Å². The van der Waals surface area contributed by atoms with Gasteiger partial charge in [0.15, 0.2) is 0 Å². The second-order valence-corrected chi connectivity index (χ2v) is 10.0. The van der Waals surface area contributed by atoms with Crippen molar-refractivity contribution in [1.82, 2.24) is 24.4 Å². The minimum absolute atomic E-state index is 0.0859. The van der Waals surface area contributed by atoms with Crippen molar-refractivity contribution in [3.05, 3.63) is 52.9 Å². The molecule has 0 spiro atoms. The first-order chi connectivity index (χ1) is 17.6. The van der Waals surface area contributed by atoms with Crippen molar-refractivity contribution in [3.63, 3.8) is 0 Å². The number of pyridine rings is 1. The second-order valence-electron chi connectivity index (χ2n) is 9.22. The SMILES string of the molecule is Nc1ncnc2c1c1ccc(C(F)(F)F)cc1n2CC(=O)N1C2C[C@@H]2C[C@H]1C(=O)Nc1cccc(Br)n1. The van der Waals surface area contributed by atoms with Crippen LogP contribution in [0.25, 0.3) is 21.9 Å². The molecule has 2 fully saturated rings. The molecule has 13 heteroatoms. The highest BCUT2D eigenvalue weighted by atomic mass is 79.9. The number of aromatic nitrogens is 4. The normalized spacial score (nSPS) is 20.9. The summed E-state index contributed by atoms with van der Waals surface area (Å²) in [4.78, 5) is 40.7. The fourth-order valence-corrected chi connectivity index (χ4v) is 5.57. The van der Waals surface area contributed by atoms with Gasteiger partial charge in [-0.05, 0) is 59.0 Å². The molecule has 0 bridgehead atoms. The van der Waals surface area contributed by atoms with Crippen molar-refractivity contribution < 1.29 is 22.8 Å². The van der Waals surface area contributed by atoms with Crippen LogP contribution in [0.5, 0.6) is 0 Å². The van der Waals surface area contributed by atoms with Crippen molar-refractivity contribution in [2.75, 3.05) is 11.1 Å². The number of benzene rings is 1. The molecule has 1 unspecified atom stereocenters. The summed E-state index contributed by atoms with van der Waals surface area (Å²) in [6, 6.07) is 7.56. The number of nitrogen functional groups attached to an aromatic ring is 1. The minimum atomic E-state index is -4.57. The number of carbonyl (C=O) groups is 2. The summed E-state index contributed by atoms with van der Waals surface area (Å²) < 4.78 is 42.5. The molecular formula is C24H19BrF3N7O2. The molecule has 37 heavy (non-hydrogen) atoms. The standard InChI is InChI=1S/C24H19BrF3N7O2/c25-17-2-1-3-18(32-17)33-23(37)16-7-11-6-14(11)35(16)19(36)9-34-15-8-12(24(26,27)28)4-5-13(15)20-21(29)30-10-31-22(20)34/h1-5,8,10-11,14,16H,6-7,9H2,(H2,29,30,31)(H,32,33,37)/t11-,14?,16+/m1/s1. The Morgan fingerprint density at radius 1 is 1.16 bits per heavy atom. The van der Waals surface area contributed by atoms with E-state index in [1.165, 1.54) is 17.0 Å². The van der Waals surface area contributed by atoms with Crippen LogP contribution in [-0.2, 0) is 22.3 Å². The molecule has 190 valence electrons. The molecule has 2 amide bonds. The largest absolute Gasteiger partial charge is 0.416 e. The molecule has 1 saturated heterocycles. The van der Waals surface area contributed by atoms with Gasteiger partial charge in [0.25, 0.3) is 0 Å². The fourth-order valence-electron chi connectivity index (χ4n) is 5.22. The average molecular weight is 574 g/mol. The van der Waals surface area contributed by atoms with Gasteiger partial charge in [0.05, 0.1) is 16.5 Å². The van der Waals surface area contributed by atoms with Gasteiger partial charge in [-0.15, -0.1) is 0 Å². The van der Waals surface area contributed by atoms with E-state index in [4.69, 9.17) is 5.73 Å². The summed E-state index contributed by atoms with van der Waals surface area (Å²) >= 11 is 3.26. The highest BCUT2D eigenvalue weighted by molar-refractivity contribution is 9.10. The lowest BCUT2D eigenvalue weighted by Gasteiger charge is -2.27. The van der Waals surface area contributed by atoms with Gasteiger partial charge in [-0.25, -0.2) is 15.0 Å². The minimum Gasteiger partial charge on any atom is -0.383 e. The molecule has 0 radical (unpaired) electrons. The van der Waals surface area contributed by atoms with Crippen LogP contribution in [-0.4, -0.2) is 48.3 Å². The number of rotatable bonds is 4. The van der Waals surface area contributed by atoms with Gasteiger partial charge >= 0.3 is 6.18 Å². The van der Waals surface area contributed by atoms with Crippen LogP contribution in [0.2, 0.25) is 0 Å². The number of halogens is 4. The quantitative estimate of drug-likeness (QED) is 0.356. The molecule has 4 heterocycles. The zero-order valence-corrected chi connectivity index (χ0v) is 20.6. The molecule has 2 aliphatic rings. The third-order valence-corrected chi connectivity index (χ3v) is 7.39. The van der Waals surface area contributed by atoms with Crippen molar-refractivity contribution in [2.45, 2.75) is 37.6 Å². The third kappa shape index (κ3) is 4.06. The number of nitrogens with zero attached hydrogens (tertiary/aromatic N) is 5. The number of fused-ring (bicyclic) bond motifs is 4. The van der Waals surface area contributed by atoms with Crippen LogP contribution in [0.1, 0.15) is 18.4 Å². The zero-order valence-electron chi connectivity index (χ0n) is 19.0. The predicted molar refractivity (Wildman–Crippen MR) is 132 cm³/mol. The van der Waals surface area contributed by atoms with E-state index in [0.29, 0.717) is 27.6 Å². The first-order valence-electron chi connectivity index (χ1n) is 11.5. The number of piperidine rings is 1. The van der Waals surface area contributed by atoms with Crippen LogP contribution < -0.4 is 11.1 Å². The number of likely N-dealkylation sites (tertiary alicyclic amines) is 1. The van der Waals surface area contributed by atoms with E-state index in [9.17, 15) is 22.8 Å². The Morgan fingerprint density at radius 3 is 2.73 bits per heavy atom. The maximum absolute atomic E-state index is 13.6. The Kier molecular flexibility index (Phi) is 5.37. The molecule has 4 aromatic rings. The Bertz CT molecular complexity index is 1590. The van der Waals surface area contributed by atoms with Gasteiger partial charge in [0.2, 0.25) is 11.8 Å². The van der Waals surface area contributed by atoms with Gasteiger partial charge in [0, 0.05) is 11.4 Å². The number of carbonyl (C=O) groups excluding carboxylic acids is 2. The number of alkyl halides is 3. The Labute approximate surface area is 216 Å². The summed E-state index contributed by atoms with van der Waals surface area (Å²) in [6.45, 7) is -0.306. The summed E-state index contributed by atoms with van der Waals surface area (Å²) in [6.07, 6.45) is -2.07. The first kappa shape index (κ1) is 23.6. The van der Waals surface area contributed by atoms with Crippen molar-refractivity contribution in [1.29, 1.82) is 0 Å². The second kappa shape index (κ2) is 8.40. The van der Waals surface area contributed by atoms with E-state index in [1.807, 2.05) is 0 Å². The lowest BCUT2D eigenvalue weighted by atomic mass is 10.1. The molecule has 3 N–H and O–H groups in total. The monoisotopic (exact) mass is 573 g/mol. The van der Waals surface area contributed by atoms with Gasteiger partial charge in [0.1, 0.15) is 40.8 Å². The molecule has 1 aliphatic heterocycles. The maximum atomic E-state index is 13.6. The lowest BCUT2D eigenvalue weighted by molar-refractivity contribution is -0.138. The van der Waals surface area contributed by atoms with Crippen LogP contribution in [0.4, 0.5) is 24.8 Å². The van der Waals surface area contributed by atoms with Crippen LogP contribution in [0, 0.1) is 5.92 Å². The van der Waals surface area contributed by atoms with Crippen molar-refractivity contribution in [2.24, 2.45) is 5.92 Å². The Hall–Kier alpha value is -3.74. The molecule has 1 aliphatic carbocycles. The van der Waals surface area contributed by atoms with E-state index < -0.39 is 17.8 Å². The van der Waals surface area contributed by atoms with Gasteiger partial charge in [-0.2, -0.15) is 13.2 Å². The van der Waals surface area contributed by atoms with E-state index >= 15 is 0 Å². The third-order valence-electron chi connectivity index (χ3n) is 6.95. The molecule has 9 nitrogen and oxygen atoms in total. The summed E-state index contributed by atoms with van der Waals surface area (Å²) in [5.74, 6) is -0.0899. The predicted octanol–water partition coefficient (Wildman–Crippen LogP) is 3.97. The summed E-state index contributed by atoms with van der Waals surface area (Å²) in [7, 11) is 0. The summed E-state index contributed by atoms with van der Waals surface area (Å²) in [5, 5.41) is 3.54. The number of hydrogen-bond donors (Lipinski definition) is 2. The number of hydrogen-bond acceptors (Lipinski definition) is 6.